The molecule has 6 nitrogen and oxygen atoms in total. The molecule has 0 unspecified atom stereocenters. The van der Waals surface area contributed by atoms with E-state index in [1.807, 2.05) is 28.4 Å². The van der Waals surface area contributed by atoms with Crippen LogP contribution in [0.1, 0.15) is 59.3 Å². The summed E-state index contributed by atoms with van der Waals surface area (Å²) >= 11 is 1.53. The lowest BCUT2D eigenvalue weighted by Gasteiger charge is -2.26. The van der Waals surface area contributed by atoms with Gasteiger partial charge in [0, 0.05) is 6.08 Å². The van der Waals surface area contributed by atoms with Crippen LogP contribution in [0.4, 0.5) is 0 Å². The lowest BCUT2D eigenvalue weighted by Crippen LogP contribution is -2.33. The normalized spacial score (nSPS) is 18.2. The first-order valence-corrected chi connectivity index (χ1v) is 12.0. The number of esters is 2. The monoisotopic (exact) mass is 458 g/mol. The van der Waals surface area contributed by atoms with Gasteiger partial charge in [-0.3, -0.25) is 0 Å². The molecule has 1 fully saturated rings. The zero-order chi connectivity index (χ0) is 22.8. The van der Waals surface area contributed by atoms with Gasteiger partial charge in [-0.1, -0.05) is 49.8 Å². The molecule has 0 atom stereocenters. The van der Waals surface area contributed by atoms with E-state index in [-0.39, 0.29) is 19.2 Å². The van der Waals surface area contributed by atoms with E-state index in [1.165, 1.54) is 42.6 Å². The minimum Gasteiger partial charge on any atom is -0.460 e. The summed E-state index contributed by atoms with van der Waals surface area (Å²) in [6.45, 7) is 7.62. The van der Waals surface area contributed by atoms with Crippen LogP contribution < -0.4 is 4.57 Å². The van der Waals surface area contributed by atoms with Gasteiger partial charge in [-0.05, 0) is 42.4 Å². The quantitative estimate of drug-likeness (QED) is 0.216. The number of carbonyl (C=O) groups excluding carboxylic acids is 2. The number of rotatable bonds is 11. The van der Waals surface area contributed by atoms with Crippen LogP contribution in [-0.4, -0.2) is 31.8 Å². The van der Waals surface area contributed by atoms with Gasteiger partial charge in [0.25, 0.3) is 0 Å². The molecular formula is C25H32NO5S+. The average molecular weight is 459 g/mol. The number of carbonyl (C=O) groups is 2. The molecule has 0 spiro atoms. The molecule has 0 radical (unpaired) electrons. The van der Waals surface area contributed by atoms with Crippen LogP contribution in [0, 0.1) is 5.92 Å². The number of nitrogens with zero attached hydrogens (tertiary/aromatic N) is 1. The molecule has 1 heterocycles. The Bertz CT molecular complexity index is 884. The maximum absolute atomic E-state index is 12.4. The standard InChI is InChI=1S/C25H32NO5S/c1-3-24(27)30-15-14-29-13-12-26-16-23(32-18-26)17-31-25(28)22-10-8-21(9-11-22)20-6-4-19(2)5-7-20/h3,8-11,16,18-20H,1,4-7,12-15,17H2,2H3/q+1. The number of thiazole rings is 1. The van der Waals surface area contributed by atoms with Crippen LogP contribution in [0.15, 0.2) is 48.6 Å². The second-order valence-electron chi connectivity index (χ2n) is 8.20. The molecule has 172 valence electrons. The summed E-state index contributed by atoms with van der Waals surface area (Å²) in [4.78, 5) is 24.3. The van der Waals surface area contributed by atoms with Gasteiger partial charge in [-0.25, -0.2) is 9.59 Å². The van der Waals surface area contributed by atoms with Gasteiger partial charge < -0.3 is 14.2 Å². The van der Waals surface area contributed by atoms with Crippen molar-refractivity contribution < 1.29 is 28.4 Å². The first kappa shape index (κ1) is 24.1. The fourth-order valence-electron chi connectivity index (χ4n) is 3.81. The Morgan fingerprint density at radius 1 is 1.09 bits per heavy atom. The maximum atomic E-state index is 12.4. The Morgan fingerprint density at radius 3 is 2.56 bits per heavy atom. The van der Waals surface area contributed by atoms with Crippen molar-refractivity contribution in [3.63, 3.8) is 0 Å². The fraction of sp³-hybridized carbons (Fsp3) is 0.480. The third-order valence-corrected chi connectivity index (χ3v) is 6.66. The first-order chi connectivity index (χ1) is 15.5. The molecule has 3 rings (SSSR count). The largest absolute Gasteiger partial charge is 0.460 e. The van der Waals surface area contributed by atoms with Crippen LogP contribution in [-0.2, 0) is 32.2 Å². The van der Waals surface area contributed by atoms with E-state index < -0.39 is 5.97 Å². The van der Waals surface area contributed by atoms with E-state index in [9.17, 15) is 9.59 Å². The molecule has 7 heteroatoms. The van der Waals surface area contributed by atoms with Crippen LogP contribution in [0.25, 0.3) is 0 Å². The molecule has 32 heavy (non-hydrogen) atoms. The van der Waals surface area contributed by atoms with Crippen molar-refractivity contribution >= 4 is 23.3 Å². The van der Waals surface area contributed by atoms with E-state index in [4.69, 9.17) is 14.2 Å². The average Bonchev–Trinajstić information content (AvgIpc) is 3.28. The van der Waals surface area contributed by atoms with Gasteiger partial charge in [0.2, 0.25) is 5.51 Å². The molecule has 1 saturated carbocycles. The lowest BCUT2D eigenvalue weighted by atomic mass is 9.79. The Morgan fingerprint density at radius 2 is 1.84 bits per heavy atom. The van der Waals surface area contributed by atoms with E-state index in [2.05, 4.69) is 25.6 Å². The van der Waals surface area contributed by atoms with Crippen LogP contribution in [0.3, 0.4) is 0 Å². The Kier molecular flexibility index (Phi) is 9.43. The minimum atomic E-state index is -0.449. The summed E-state index contributed by atoms with van der Waals surface area (Å²) in [7, 11) is 0. The van der Waals surface area contributed by atoms with Gasteiger partial charge in [-0.15, -0.1) is 0 Å². The van der Waals surface area contributed by atoms with E-state index >= 15 is 0 Å². The van der Waals surface area contributed by atoms with Gasteiger partial charge in [-0.2, -0.15) is 4.57 Å². The number of aromatic nitrogens is 1. The zero-order valence-corrected chi connectivity index (χ0v) is 19.5. The summed E-state index contributed by atoms with van der Waals surface area (Å²) < 4.78 is 17.8. The highest BCUT2D eigenvalue weighted by molar-refractivity contribution is 7.09. The zero-order valence-electron chi connectivity index (χ0n) is 18.7. The SMILES string of the molecule is C=CC(=O)OCCOCC[n+]1csc(COC(=O)c2ccc(C3CCC(C)CC3)cc2)c1. The van der Waals surface area contributed by atoms with Crippen LogP contribution in [0.2, 0.25) is 0 Å². The number of benzene rings is 1. The van der Waals surface area contributed by atoms with E-state index in [0.717, 1.165) is 16.9 Å². The highest BCUT2D eigenvalue weighted by Crippen LogP contribution is 2.35. The molecule has 2 aromatic rings. The van der Waals surface area contributed by atoms with E-state index in [1.54, 1.807) is 0 Å². The number of ether oxygens (including phenoxy) is 3. The molecule has 0 saturated heterocycles. The second kappa shape index (κ2) is 12.5. The number of hydrogen-bond acceptors (Lipinski definition) is 6. The highest BCUT2D eigenvalue weighted by atomic mass is 32.1. The topological polar surface area (TPSA) is 65.7 Å². The smallest absolute Gasteiger partial charge is 0.338 e. The maximum Gasteiger partial charge on any atom is 0.338 e. The van der Waals surface area contributed by atoms with Crippen molar-refractivity contribution in [1.29, 1.82) is 0 Å². The third-order valence-electron chi connectivity index (χ3n) is 5.76. The van der Waals surface area contributed by atoms with Gasteiger partial charge >= 0.3 is 11.9 Å². The van der Waals surface area contributed by atoms with Crippen molar-refractivity contribution in [2.75, 3.05) is 19.8 Å². The first-order valence-electron chi connectivity index (χ1n) is 11.2. The third kappa shape index (κ3) is 7.57. The molecule has 0 aliphatic heterocycles. The van der Waals surface area contributed by atoms with Crippen molar-refractivity contribution in [2.45, 2.75) is 51.7 Å². The van der Waals surface area contributed by atoms with Crippen molar-refractivity contribution in [2.24, 2.45) is 5.92 Å². The lowest BCUT2D eigenvalue weighted by molar-refractivity contribution is -0.694. The summed E-state index contributed by atoms with van der Waals surface area (Å²) in [5.74, 6) is 0.697. The van der Waals surface area contributed by atoms with Crippen molar-refractivity contribution in [1.82, 2.24) is 0 Å². The molecule has 1 aliphatic carbocycles. The second-order valence-corrected chi connectivity index (χ2v) is 9.17. The molecule has 0 bridgehead atoms. The fourth-order valence-corrected chi connectivity index (χ4v) is 4.57. The molecule has 0 amide bonds. The molecule has 0 N–H and O–H groups in total. The van der Waals surface area contributed by atoms with Crippen molar-refractivity contribution in [3.8, 4) is 0 Å². The van der Waals surface area contributed by atoms with Gasteiger partial charge in [0.1, 0.15) is 24.7 Å². The molecule has 1 aromatic carbocycles. The minimum absolute atomic E-state index is 0.210. The summed E-state index contributed by atoms with van der Waals surface area (Å²) in [5, 5.41) is 0. The Hall–Kier alpha value is -2.51. The predicted octanol–water partition coefficient (Wildman–Crippen LogP) is 4.43. The highest BCUT2D eigenvalue weighted by Gasteiger charge is 2.20. The molecule has 1 aliphatic rings. The van der Waals surface area contributed by atoms with Crippen molar-refractivity contribution in [3.05, 3.63) is 64.6 Å². The van der Waals surface area contributed by atoms with Crippen LogP contribution >= 0.6 is 11.3 Å². The number of hydrogen-bond donors (Lipinski definition) is 0. The Labute approximate surface area is 193 Å². The van der Waals surface area contributed by atoms with Gasteiger partial charge in [0.15, 0.2) is 12.7 Å². The van der Waals surface area contributed by atoms with Gasteiger partial charge in [0.05, 0.1) is 12.2 Å². The summed E-state index contributed by atoms with van der Waals surface area (Å²) in [5.41, 5.74) is 3.88. The van der Waals surface area contributed by atoms with E-state index in [0.29, 0.717) is 31.2 Å². The Balaban J connectivity index is 1.36. The summed E-state index contributed by atoms with van der Waals surface area (Å²) in [6.07, 6.45) is 8.11. The predicted molar refractivity (Wildman–Crippen MR) is 122 cm³/mol. The van der Waals surface area contributed by atoms with Crippen LogP contribution in [0.5, 0.6) is 0 Å². The summed E-state index contributed by atoms with van der Waals surface area (Å²) in [6, 6.07) is 7.92. The molecule has 1 aromatic heterocycles. The molecular weight excluding hydrogens is 426 g/mol.